The van der Waals surface area contributed by atoms with E-state index in [4.69, 9.17) is 0 Å². The summed E-state index contributed by atoms with van der Waals surface area (Å²) >= 11 is 0. The van der Waals surface area contributed by atoms with E-state index in [0.29, 0.717) is 12.2 Å². The molecule has 0 spiro atoms. The third-order valence-electron chi connectivity index (χ3n) is 5.23. The number of carbonyl (C=O) groups excluding carboxylic acids is 1. The molecule has 5 nitrogen and oxygen atoms in total. The summed E-state index contributed by atoms with van der Waals surface area (Å²) in [5.41, 5.74) is 3.06. The van der Waals surface area contributed by atoms with Crippen LogP contribution in [0, 0.1) is 5.92 Å². The van der Waals surface area contributed by atoms with Crippen LogP contribution in [-0.2, 0) is 26.7 Å². The summed E-state index contributed by atoms with van der Waals surface area (Å²) in [4.78, 5) is 14.5. The highest BCUT2D eigenvalue weighted by Crippen LogP contribution is 2.42. The number of hydrogen-bond acceptors (Lipinski definition) is 3. The second kappa shape index (κ2) is 7.24. The van der Waals surface area contributed by atoms with Gasteiger partial charge in [-0.25, -0.2) is 8.42 Å². The van der Waals surface area contributed by atoms with E-state index in [0.717, 1.165) is 23.2 Å². The topological polar surface area (TPSA) is 66.5 Å². The van der Waals surface area contributed by atoms with Gasteiger partial charge in [-0.2, -0.15) is 0 Å². The molecular formula is C22H28N2O3S. The fourth-order valence-electron chi connectivity index (χ4n) is 3.56. The number of nitrogens with one attached hydrogen (secondary N) is 1. The summed E-state index contributed by atoms with van der Waals surface area (Å²) in [6.45, 7) is 10.4. The number of hydrogen-bond donors (Lipinski definition) is 1. The van der Waals surface area contributed by atoms with Crippen LogP contribution in [-0.4, -0.2) is 20.9 Å². The molecule has 3 rings (SSSR count). The average molecular weight is 401 g/mol. The lowest BCUT2D eigenvalue weighted by Crippen LogP contribution is -2.36. The normalized spacial score (nSPS) is 15.6. The number of anilines is 2. The molecule has 1 heterocycles. The van der Waals surface area contributed by atoms with Gasteiger partial charge in [0.1, 0.15) is 0 Å². The lowest BCUT2D eigenvalue weighted by atomic mass is 9.87. The Labute approximate surface area is 167 Å². The van der Waals surface area contributed by atoms with Gasteiger partial charge in [0, 0.05) is 29.3 Å². The zero-order valence-corrected chi connectivity index (χ0v) is 17.9. The fourth-order valence-corrected chi connectivity index (χ4v) is 4.64. The van der Waals surface area contributed by atoms with Crippen LogP contribution in [0.4, 0.5) is 11.4 Å². The van der Waals surface area contributed by atoms with Crippen molar-refractivity contribution in [3.8, 4) is 0 Å². The Morgan fingerprint density at radius 2 is 1.79 bits per heavy atom. The Kier molecular flexibility index (Phi) is 5.28. The zero-order chi connectivity index (χ0) is 20.7. The predicted octanol–water partition coefficient (Wildman–Crippen LogP) is 4.33. The molecule has 0 unspecified atom stereocenters. The molecule has 0 bridgehead atoms. The van der Waals surface area contributed by atoms with E-state index in [-0.39, 0.29) is 22.1 Å². The van der Waals surface area contributed by atoms with Crippen LogP contribution in [0.2, 0.25) is 0 Å². The van der Waals surface area contributed by atoms with Crippen LogP contribution >= 0.6 is 0 Å². The minimum atomic E-state index is -3.71. The van der Waals surface area contributed by atoms with E-state index in [1.54, 1.807) is 35.2 Å². The van der Waals surface area contributed by atoms with Gasteiger partial charge in [-0.05, 0) is 47.9 Å². The number of carbonyl (C=O) groups is 1. The maximum Gasteiger partial charge on any atom is 0.261 e. The molecule has 2 aromatic rings. The third-order valence-corrected chi connectivity index (χ3v) is 6.60. The Hall–Kier alpha value is -2.34. The van der Waals surface area contributed by atoms with E-state index in [1.165, 1.54) is 0 Å². The lowest BCUT2D eigenvalue weighted by molar-refractivity contribution is -0.121. The van der Waals surface area contributed by atoms with Gasteiger partial charge in [0.15, 0.2) is 0 Å². The van der Waals surface area contributed by atoms with Crippen LogP contribution in [0.25, 0.3) is 0 Å². The van der Waals surface area contributed by atoms with E-state index in [1.807, 2.05) is 39.8 Å². The summed E-state index contributed by atoms with van der Waals surface area (Å²) in [6.07, 6.45) is 0.901. The van der Waals surface area contributed by atoms with E-state index < -0.39 is 10.0 Å². The molecule has 0 fully saturated rings. The molecule has 1 N–H and O–H groups in total. The molecule has 6 heteroatoms. The number of sulfonamides is 1. The second-order valence-corrected chi connectivity index (χ2v) is 9.98. The summed E-state index contributed by atoms with van der Waals surface area (Å²) in [5, 5.41) is 0. The first-order valence-electron chi connectivity index (χ1n) is 9.63. The standard InChI is InChI=1S/C22H28N2O3S/c1-6-16-7-9-17(10-8-16)23-28(26,27)18-11-12-20-19(13-18)22(4,5)14-24(20)21(25)15(2)3/h7-13,15,23H,6,14H2,1-5H3. The van der Waals surface area contributed by atoms with Crippen LogP contribution < -0.4 is 9.62 Å². The van der Waals surface area contributed by atoms with Crippen molar-refractivity contribution in [3.63, 3.8) is 0 Å². The zero-order valence-electron chi connectivity index (χ0n) is 17.1. The first kappa shape index (κ1) is 20.4. The van der Waals surface area contributed by atoms with Crippen molar-refractivity contribution in [2.24, 2.45) is 5.92 Å². The SMILES string of the molecule is CCc1ccc(NS(=O)(=O)c2ccc3c(c2)C(C)(C)CN3C(=O)C(C)C)cc1. The maximum absolute atomic E-state index is 12.9. The molecule has 0 atom stereocenters. The number of rotatable bonds is 5. The summed E-state index contributed by atoms with van der Waals surface area (Å²) < 4.78 is 28.4. The molecule has 0 saturated heterocycles. The van der Waals surface area contributed by atoms with Crippen molar-refractivity contribution in [1.29, 1.82) is 0 Å². The molecule has 0 aliphatic carbocycles. The molecule has 0 radical (unpaired) electrons. The maximum atomic E-state index is 12.9. The van der Waals surface area contributed by atoms with Gasteiger partial charge in [-0.3, -0.25) is 9.52 Å². The summed E-state index contributed by atoms with van der Waals surface area (Å²) in [6, 6.07) is 12.4. The first-order chi connectivity index (χ1) is 13.0. The number of nitrogens with zero attached hydrogens (tertiary/aromatic N) is 1. The van der Waals surface area contributed by atoms with Crippen molar-refractivity contribution in [2.45, 2.75) is 51.3 Å². The van der Waals surface area contributed by atoms with Gasteiger partial charge in [-0.15, -0.1) is 0 Å². The molecular weight excluding hydrogens is 372 g/mol. The largest absolute Gasteiger partial charge is 0.311 e. The van der Waals surface area contributed by atoms with Crippen molar-refractivity contribution in [1.82, 2.24) is 0 Å². The van der Waals surface area contributed by atoms with E-state index in [9.17, 15) is 13.2 Å². The quantitative estimate of drug-likeness (QED) is 0.812. The Morgan fingerprint density at radius 1 is 1.14 bits per heavy atom. The van der Waals surface area contributed by atoms with Gasteiger partial charge in [0.05, 0.1) is 4.90 Å². The molecule has 1 amide bonds. The molecule has 1 aliphatic heterocycles. The minimum Gasteiger partial charge on any atom is -0.311 e. The van der Waals surface area contributed by atoms with Crippen molar-refractivity contribution >= 4 is 27.3 Å². The highest BCUT2D eigenvalue weighted by molar-refractivity contribution is 7.92. The van der Waals surface area contributed by atoms with Crippen molar-refractivity contribution in [2.75, 3.05) is 16.2 Å². The first-order valence-corrected chi connectivity index (χ1v) is 11.1. The smallest absolute Gasteiger partial charge is 0.261 e. The van der Waals surface area contributed by atoms with E-state index in [2.05, 4.69) is 11.6 Å². The highest BCUT2D eigenvalue weighted by Gasteiger charge is 2.39. The Balaban J connectivity index is 1.94. The Morgan fingerprint density at radius 3 is 2.36 bits per heavy atom. The third kappa shape index (κ3) is 3.78. The number of amides is 1. The van der Waals surface area contributed by atoms with Gasteiger partial charge < -0.3 is 4.90 Å². The number of benzene rings is 2. The predicted molar refractivity (Wildman–Crippen MR) is 113 cm³/mol. The fraction of sp³-hybridized carbons (Fsp3) is 0.409. The average Bonchev–Trinajstić information content (AvgIpc) is 2.92. The highest BCUT2D eigenvalue weighted by atomic mass is 32.2. The second-order valence-electron chi connectivity index (χ2n) is 8.30. The van der Waals surface area contributed by atoms with Crippen LogP contribution in [0.3, 0.4) is 0 Å². The number of aryl methyl sites for hydroxylation is 1. The van der Waals surface area contributed by atoms with Crippen molar-refractivity contribution in [3.05, 3.63) is 53.6 Å². The minimum absolute atomic E-state index is 0.0524. The molecule has 150 valence electrons. The van der Waals surface area contributed by atoms with Gasteiger partial charge in [0.2, 0.25) is 5.91 Å². The molecule has 0 saturated carbocycles. The van der Waals surface area contributed by atoms with Gasteiger partial charge >= 0.3 is 0 Å². The molecule has 0 aromatic heterocycles. The van der Waals surface area contributed by atoms with Crippen LogP contribution in [0.15, 0.2) is 47.4 Å². The monoisotopic (exact) mass is 400 g/mol. The van der Waals surface area contributed by atoms with Gasteiger partial charge in [0.25, 0.3) is 10.0 Å². The molecule has 28 heavy (non-hydrogen) atoms. The van der Waals surface area contributed by atoms with Crippen molar-refractivity contribution < 1.29 is 13.2 Å². The van der Waals surface area contributed by atoms with Crippen LogP contribution in [0.1, 0.15) is 45.7 Å². The lowest BCUT2D eigenvalue weighted by Gasteiger charge is -2.22. The van der Waals surface area contributed by atoms with Gasteiger partial charge in [-0.1, -0.05) is 46.8 Å². The summed E-state index contributed by atoms with van der Waals surface area (Å²) in [5.74, 6) is -0.0607. The molecule has 1 aliphatic rings. The van der Waals surface area contributed by atoms with Crippen LogP contribution in [0.5, 0.6) is 0 Å². The summed E-state index contributed by atoms with van der Waals surface area (Å²) in [7, 11) is -3.71. The number of fused-ring (bicyclic) bond motifs is 1. The van der Waals surface area contributed by atoms with E-state index >= 15 is 0 Å². The molecule has 2 aromatic carbocycles. The Bertz CT molecular complexity index is 993.